The van der Waals surface area contributed by atoms with E-state index in [9.17, 15) is 19.5 Å². The van der Waals surface area contributed by atoms with Gasteiger partial charge in [-0.1, -0.05) is 23.7 Å². The monoisotopic (exact) mass is 522 g/mol. The van der Waals surface area contributed by atoms with Gasteiger partial charge in [-0.2, -0.15) is 0 Å². The summed E-state index contributed by atoms with van der Waals surface area (Å²) >= 11 is 6.19. The average molecular weight is 523 g/mol. The second-order valence-electron chi connectivity index (χ2n) is 10.1. The molecule has 2 aliphatic rings. The minimum absolute atomic E-state index is 0.0851. The molecule has 194 valence electrons. The van der Waals surface area contributed by atoms with Gasteiger partial charge in [0.1, 0.15) is 6.54 Å². The largest absolute Gasteiger partial charge is 0.481 e. The number of nitrogens with one attached hydrogen (secondary N) is 1. The Hall–Kier alpha value is -3.39. The quantitative estimate of drug-likeness (QED) is 0.458. The van der Waals surface area contributed by atoms with Crippen molar-refractivity contribution in [2.75, 3.05) is 18.0 Å². The minimum Gasteiger partial charge on any atom is -0.481 e. The molecule has 1 fully saturated rings. The third-order valence-corrected chi connectivity index (χ3v) is 7.96. The van der Waals surface area contributed by atoms with E-state index in [1.807, 2.05) is 24.5 Å². The molecule has 1 saturated carbocycles. The fourth-order valence-corrected chi connectivity index (χ4v) is 5.95. The Morgan fingerprint density at radius 3 is 2.65 bits per heavy atom. The van der Waals surface area contributed by atoms with E-state index < -0.39 is 5.97 Å². The summed E-state index contributed by atoms with van der Waals surface area (Å²) in [6.45, 7) is 0.483. The number of aromatic nitrogens is 2. The van der Waals surface area contributed by atoms with Crippen molar-refractivity contribution < 1.29 is 19.5 Å². The normalized spacial score (nSPS) is 21.9. The first-order chi connectivity index (χ1) is 17.9. The second kappa shape index (κ2) is 10.9. The van der Waals surface area contributed by atoms with Gasteiger partial charge < -0.3 is 19.9 Å². The number of hydrogen-bond donors (Lipinski definition) is 2. The van der Waals surface area contributed by atoms with Crippen molar-refractivity contribution in [3.63, 3.8) is 0 Å². The van der Waals surface area contributed by atoms with Gasteiger partial charge in [0.2, 0.25) is 11.8 Å². The van der Waals surface area contributed by atoms with Crippen LogP contribution in [0.4, 0.5) is 5.69 Å². The Morgan fingerprint density at radius 1 is 1.08 bits per heavy atom. The van der Waals surface area contributed by atoms with Crippen LogP contribution in [0.15, 0.2) is 48.8 Å². The molecule has 9 heteroatoms. The first kappa shape index (κ1) is 25.3. The maximum absolute atomic E-state index is 12.9. The Kier molecular flexibility index (Phi) is 7.46. The van der Waals surface area contributed by atoms with Gasteiger partial charge in [-0.25, -0.2) is 4.98 Å². The predicted molar refractivity (Wildman–Crippen MR) is 142 cm³/mol. The first-order valence-corrected chi connectivity index (χ1v) is 13.3. The molecule has 0 bridgehead atoms. The SMILES string of the molecule is O=C(O)CC1CCC(=O)N(CC(=O)NCC2CCC(n3cnc4ccccc43)CC2)c2ccc(Cl)cc21. The predicted octanol–water partition coefficient (Wildman–Crippen LogP) is 4.92. The summed E-state index contributed by atoms with van der Waals surface area (Å²) in [5, 5.41) is 12.9. The number of rotatable bonds is 7. The lowest BCUT2D eigenvalue weighted by atomic mass is 9.86. The van der Waals surface area contributed by atoms with E-state index in [4.69, 9.17) is 11.6 Å². The lowest BCUT2D eigenvalue weighted by Gasteiger charge is -2.30. The highest BCUT2D eigenvalue weighted by molar-refractivity contribution is 6.30. The Balaban J connectivity index is 1.18. The smallest absolute Gasteiger partial charge is 0.303 e. The first-order valence-electron chi connectivity index (χ1n) is 12.9. The van der Waals surface area contributed by atoms with E-state index >= 15 is 0 Å². The zero-order valence-electron chi connectivity index (χ0n) is 20.6. The molecular weight excluding hydrogens is 492 g/mol. The number of para-hydroxylation sites is 2. The number of amides is 2. The number of carboxylic acid groups (broad SMARTS) is 1. The lowest BCUT2D eigenvalue weighted by Crippen LogP contribution is -2.42. The van der Waals surface area contributed by atoms with Gasteiger partial charge in [-0.3, -0.25) is 14.4 Å². The molecule has 8 nitrogen and oxygen atoms in total. The van der Waals surface area contributed by atoms with Crippen molar-refractivity contribution >= 4 is 46.1 Å². The minimum atomic E-state index is -0.925. The summed E-state index contributed by atoms with van der Waals surface area (Å²) in [7, 11) is 0. The molecule has 1 atom stereocenters. The molecule has 0 spiro atoms. The molecule has 2 aromatic carbocycles. The van der Waals surface area contributed by atoms with E-state index in [1.165, 1.54) is 4.90 Å². The van der Waals surface area contributed by atoms with Crippen LogP contribution < -0.4 is 10.2 Å². The molecule has 2 N–H and O–H groups in total. The number of imidazole rings is 1. The standard InChI is InChI=1S/C28H31ClN4O4/c29-20-8-11-24-22(14-20)19(13-28(36)37)7-12-27(35)32(24)16-26(34)30-15-18-5-9-21(10-6-18)33-17-31-23-3-1-2-4-25(23)33/h1-4,8,11,14,17-19,21H,5-7,9-10,12-13,15-16H2,(H,30,34)(H,36,37). The molecule has 1 aliphatic heterocycles. The maximum Gasteiger partial charge on any atom is 0.303 e. The van der Waals surface area contributed by atoms with Crippen LogP contribution in [-0.4, -0.2) is 45.5 Å². The van der Waals surface area contributed by atoms with Gasteiger partial charge in [0.05, 0.1) is 23.8 Å². The van der Waals surface area contributed by atoms with Gasteiger partial charge in [0.15, 0.2) is 0 Å². The number of carboxylic acids is 1. The number of halogens is 1. The van der Waals surface area contributed by atoms with E-state index in [1.54, 1.807) is 18.2 Å². The number of hydrogen-bond acceptors (Lipinski definition) is 4. The van der Waals surface area contributed by atoms with Gasteiger partial charge in [-0.05, 0) is 79.8 Å². The van der Waals surface area contributed by atoms with Crippen molar-refractivity contribution in [3.05, 3.63) is 59.4 Å². The van der Waals surface area contributed by atoms with Crippen LogP contribution in [0.5, 0.6) is 0 Å². The molecular formula is C28H31ClN4O4. The number of carbonyl (C=O) groups excluding carboxylic acids is 2. The second-order valence-corrected chi connectivity index (χ2v) is 10.6. The van der Waals surface area contributed by atoms with Crippen LogP contribution in [0.3, 0.4) is 0 Å². The van der Waals surface area contributed by atoms with Crippen molar-refractivity contribution in [2.45, 2.75) is 56.9 Å². The van der Waals surface area contributed by atoms with Gasteiger partial charge in [0, 0.05) is 29.7 Å². The number of nitrogens with zero attached hydrogens (tertiary/aromatic N) is 3. The van der Waals surface area contributed by atoms with E-state index in [0.29, 0.717) is 41.2 Å². The summed E-state index contributed by atoms with van der Waals surface area (Å²) in [6, 6.07) is 13.7. The third kappa shape index (κ3) is 5.64. The van der Waals surface area contributed by atoms with Crippen LogP contribution >= 0.6 is 11.6 Å². The molecule has 37 heavy (non-hydrogen) atoms. The number of benzene rings is 2. The molecule has 0 radical (unpaired) electrons. The summed E-state index contributed by atoms with van der Waals surface area (Å²) in [4.78, 5) is 43.2. The van der Waals surface area contributed by atoms with Gasteiger partial charge in [0.25, 0.3) is 0 Å². The zero-order chi connectivity index (χ0) is 25.9. The van der Waals surface area contributed by atoms with E-state index in [2.05, 4.69) is 20.9 Å². The van der Waals surface area contributed by atoms with Gasteiger partial charge in [-0.15, -0.1) is 0 Å². The zero-order valence-corrected chi connectivity index (χ0v) is 21.4. The molecule has 2 heterocycles. The molecule has 5 rings (SSSR count). The average Bonchev–Trinajstić information content (AvgIpc) is 3.28. The fourth-order valence-electron chi connectivity index (χ4n) is 5.77. The summed E-state index contributed by atoms with van der Waals surface area (Å²) in [6.07, 6.45) is 6.53. The molecule has 3 aromatic rings. The van der Waals surface area contributed by atoms with Crippen molar-refractivity contribution in [3.8, 4) is 0 Å². The van der Waals surface area contributed by atoms with Crippen molar-refractivity contribution in [2.24, 2.45) is 5.92 Å². The van der Waals surface area contributed by atoms with Crippen LogP contribution in [-0.2, 0) is 14.4 Å². The third-order valence-electron chi connectivity index (χ3n) is 7.73. The Morgan fingerprint density at radius 2 is 1.86 bits per heavy atom. The molecule has 1 aromatic heterocycles. The molecule has 1 unspecified atom stereocenters. The molecule has 1 aliphatic carbocycles. The number of fused-ring (bicyclic) bond motifs is 2. The fraction of sp³-hybridized carbons (Fsp3) is 0.429. The van der Waals surface area contributed by atoms with Crippen molar-refractivity contribution in [1.29, 1.82) is 0 Å². The topological polar surface area (TPSA) is 105 Å². The van der Waals surface area contributed by atoms with E-state index in [-0.39, 0.29) is 37.1 Å². The molecule has 0 saturated heterocycles. The van der Waals surface area contributed by atoms with E-state index in [0.717, 1.165) is 36.7 Å². The highest BCUT2D eigenvalue weighted by atomic mass is 35.5. The summed E-state index contributed by atoms with van der Waals surface area (Å²) < 4.78 is 2.27. The highest BCUT2D eigenvalue weighted by Crippen LogP contribution is 2.38. The lowest BCUT2D eigenvalue weighted by molar-refractivity contribution is -0.137. The Labute approximate surface area is 220 Å². The van der Waals surface area contributed by atoms with Crippen molar-refractivity contribution in [1.82, 2.24) is 14.9 Å². The maximum atomic E-state index is 12.9. The summed E-state index contributed by atoms with van der Waals surface area (Å²) in [5.41, 5.74) is 3.45. The van der Waals surface area contributed by atoms with Crippen LogP contribution in [0, 0.1) is 5.92 Å². The summed E-state index contributed by atoms with van der Waals surface area (Å²) in [5.74, 6) is -1.26. The van der Waals surface area contributed by atoms with Crippen LogP contribution in [0.25, 0.3) is 11.0 Å². The number of carbonyl (C=O) groups is 3. The van der Waals surface area contributed by atoms with Gasteiger partial charge >= 0.3 is 5.97 Å². The number of aliphatic carboxylic acids is 1. The van der Waals surface area contributed by atoms with Crippen LogP contribution in [0.1, 0.15) is 62.5 Å². The highest BCUT2D eigenvalue weighted by Gasteiger charge is 2.31. The Bertz CT molecular complexity index is 1310. The number of anilines is 1. The van der Waals surface area contributed by atoms with Crippen LogP contribution in [0.2, 0.25) is 5.02 Å². The molecule has 2 amide bonds.